The molecule has 3 N–H and O–H groups in total. The second-order valence-electron chi connectivity index (χ2n) is 4.10. The number of nitrogens with one attached hydrogen (secondary N) is 1. The van der Waals surface area contributed by atoms with E-state index in [0.29, 0.717) is 0 Å². The standard InChI is InChI=1S/C14H10BrN3S2/c15-8-5-6-9(13(16)17)12(7-8)20-14-18-10-3-1-2-4-11(10)19-14/h1-7H,(H3,16,17). The third kappa shape index (κ3) is 2.72. The third-order valence-electron chi connectivity index (χ3n) is 2.71. The number of rotatable bonds is 3. The Bertz CT molecular complexity index is 765. The van der Waals surface area contributed by atoms with Crippen molar-refractivity contribution in [3.63, 3.8) is 0 Å². The number of fused-ring (bicyclic) bond motifs is 1. The van der Waals surface area contributed by atoms with Crippen LogP contribution in [0.2, 0.25) is 0 Å². The first kappa shape index (κ1) is 13.6. The Labute approximate surface area is 132 Å². The molecule has 0 spiro atoms. The molecule has 3 rings (SSSR count). The van der Waals surface area contributed by atoms with Crippen LogP contribution in [-0.4, -0.2) is 10.8 Å². The summed E-state index contributed by atoms with van der Waals surface area (Å²) in [6, 6.07) is 13.8. The van der Waals surface area contributed by atoms with Crippen molar-refractivity contribution in [2.75, 3.05) is 0 Å². The lowest BCUT2D eigenvalue weighted by Gasteiger charge is -2.06. The number of aromatic nitrogens is 1. The molecule has 0 unspecified atom stereocenters. The molecule has 0 atom stereocenters. The van der Waals surface area contributed by atoms with Gasteiger partial charge in [0, 0.05) is 14.9 Å². The molecule has 0 amide bonds. The predicted octanol–water partition coefficient (Wildman–Crippen LogP) is 4.49. The van der Waals surface area contributed by atoms with E-state index in [-0.39, 0.29) is 5.84 Å². The number of halogens is 1. The van der Waals surface area contributed by atoms with Crippen LogP contribution in [0.15, 0.2) is 56.2 Å². The maximum Gasteiger partial charge on any atom is 0.155 e. The van der Waals surface area contributed by atoms with E-state index in [1.807, 2.05) is 36.4 Å². The summed E-state index contributed by atoms with van der Waals surface area (Å²) >= 11 is 6.63. The van der Waals surface area contributed by atoms with Gasteiger partial charge in [-0.05, 0) is 30.3 Å². The fourth-order valence-corrected chi connectivity index (χ4v) is 4.51. The summed E-state index contributed by atoms with van der Waals surface area (Å²) in [6.07, 6.45) is 0. The van der Waals surface area contributed by atoms with Crippen molar-refractivity contribution < 1.29 is 0 Å². The zero-order valence-electron chi connectivity index (χ0n) is 10.3. The van der Waals surface area contributed by atoms with Crippen LogP contribution in [-0.2, 0) is 0 Å². The van der Waals surface area contributed by atoms with E-state index in [1.54, 1.807) is 11.3 Å². The molecule has 2 aromatic carbocycles. The van der Waals surface area contributed by atoms with E-state index in [2.05, 4.69) is 27.0 Å². The minimum absolute atomic E-state index is 0.0705. The van der Waals surface area contributed by atoms with Crippen LogP contribution in [0.3, 0.4) is 0 Å². The average Bonchev–Trinajstić information content (AvgIpc) is 2.80. The summed E-state index contributed by atoms with van der Waals surface area (Å²) in [5.74, 6) is 0.0705. The Hall–Kier alpha value is -1.37. The molecule has 0 aliphatic carbocycles. The zero-order valence-corrected chi connectivity index (χ0v) is 13.5. The number of nitrogen functional groups attached to an aromatic ring is 1. The van der Waals surface area contributed by atoms with Gasteiger partial charge in [-0.2, -0.15) is 0 Å². The molecular weight excluding hydrogens is 354 g/mol. The van der Waals surface area contributed by atoms with E-state index in [9.17, 15) is 0 Å². The quantitative estimate of drug-likeness (QED) is 0.532. The number of hydrogen-bond donors (Lipinski definition) is 2. The van der Waals surface area contributed by atoms with Gasteiger partial charge < -0.3 is 5.73 Å². The predicted molar refractivity (Wildman–Crippen MR) is 88.9 cm³/mol. The number of nitrogens with two attached hydrogens (primary N) is 1. The summed E-state index contributed by atoms with van der Waals surface area (Å²) in [5.41, 5.74) is 7.36. The largest absolute Gasteiger partial charge is 0.384 e. The molecule has 6 heteroatoms. The lowest BCUT2D eigenvalue weighted by molar-refractivity contribution is 1.28. The smallest absolute Gasteiger partial charge is 0.155 e. The van der Waals surface area contributed by atoms with E-state index < -0.39 is 0 Å². The highest BCUT2D eigenvalue weighted by atomic mass is 79.9. The lowest BCUT2D eigenvalue weighted by Crippen LogP contribution is -2.12. The summed E-state index contributed by atoms with van der Waals surface area (Å²) in [5, 5.41) is 7.65. The maximum absolute atomic E-state index is 7.65. The van der Waals surface area contributed by atoms with Crippen LogP contribution < -0.4 is 5.73 Å². The van der Waals surface area contributed by atoms with Crippen molar-refractivity contribution in [1.82, 2.24) is 4.98 Å². The zero-order chi connectivity index (χ0) is 14.1. The molecular formula is C14H10BrN3S2. The highest BCUT2D eigenvalue weighted by Crippen LogP contribution is 2.36. The van der Waals surface area contributed by atoms with Gasteiger partial charge >= 0.3 is 0 Å². The topological polar surface area (TPSA) is 62.8 Å². The van der Waals surface area contributed by atoms with Gasteiger partial charge in [-0.3, -0.25) is 5.41 Å². The normalized spacial score (nSPS) is 10.8. The molecule has 100 valence electrons. The fourth-order valence-electron chi connectivity index (χ4n) is 1.79. The van der Waals surface area contributed by atoms with Gasteiger partial charge in [0.1, 0.15) is 5.84 Å². The van der Waals surface area contributed by atoms with Crippen LogP contribution in [0.25, 0.3) is 10.2 Å². The SMILES string of the molecule is N=C(N)c1ccc(Br)cc1Sc1nc2ccccc2s1. The first-order chi connectivity index (χ1) is 9.63. The van der Waals surface area contributed by atoms with Gasteiger partial charge in [0.05, 0.1) is 10.2 Å². The Morgan fingerprint density at radius 3 is 2.80 bits per heavy atom. The van der Waals surface area contributed by atoms with Gasteiger partial charge in [0.25, 0.3) is 0 Å². The summed E-state index contributed by atoms with van der Waals surface area (Å²) in [7, 11) is 0. The van der Waals surface area contributed by atoms with Gasteiger partial charge in [-0.25, -0.2) is 4.98 Å². The van der Waals surface area contributed by atoms with Crippen molar-refractivity contribution in [2.24, 2.45) is 5.73 Å². The van der Waals surface area contributed by atoms with Crippen molar-refractivity contribution in [3.8, 4) is 0 Å². The Morgan fingerprint density at radius 2 is 2.05 bits per heavy atom. The van der Waals surface area contributed by atoms with E-state index in [0.717, 1.165) is 29.5 Å². The molecule has 3 aromatic rings. The summed E-state index contributed by atoms with van der Waals surface area (Å²) in [4.78, 5) is 5.53. The van der Waals surface area contributed by atoms with Crippen LogP contribution in [0.1, 0.15) is 5.56 Å². The summed E-state index contributed by atoms with van der Waals surface area (Å²) in [6.45, 7) is 0. The molecule has 0 saturated carbocycles. The van der Waals surface area contributed by atoms with Gasteiger partial charge in [-0.15, -0.1) is 11.3 Å². The van der Waals surface area contributed by atoms with Crippen molar-refractivity contribution in [3.05, 3.63) is 52.5 Å². The molecule has 0 bridgehead atoms. The van der Waals surface area contributed by atoms with Gasteiger partial charge in [0.2, 0.25) is 0 Å². The second kappa shape index (κ2) is 5.55. The van der Waals surface area contributed by atoms with Gasteiger partial charge in [0.15, 0.2) is 4.34 Å². The Balaban J connectivity index is 2.01. The van der Waals surface area contributed by atoms with Crippen LogP contribution in [0, 0.1) is 5.41 Å². The number of benzene rings is 2. The van der Waals surface area contributed by atoms with Crippen molar-refractivity contribution in [2.45, 2.75) is 9.24 Å². The molecule has 3 nitrogen and oxygen atoms in total. The molecule has 0 aliphatic rings. The molecule has 20 heavy (non-hydrogen) atoms. The van der Waals surface area contributed by atoms with Crippen molar-refractivity contribution in [1.29, 1.82) is 5.41 Å². The molecule has 1 heterocycles. The average molecular weight is 364 g/mol. The molecule has 0 fully saturated rings. The van der Waals surface area contributed by atoms with Crippen LogP contribution in [0.5, 0.6) is 0 Å². The number of hydrogen-bond acceptors (Lipinski definition) is 4. The monoisotopic (exact) mass is 363 g/mol. The minimum Gasteiger partial charge on any atom is -0.384 e. The highest BCUT2D eigenvalue weighted by molar-refractivity contribution is 9.10. The number of amidine groups is 1. The minimum atomic E-state index is 0.0705. The van der Waals surface area contributed by atoms with Gasteiger partial charge in [-0.1, -0.05) is 39.8 Å². The van der Waals surface area contributed by atoms with E-state index in [4.69, 9.17) is 11.1 Å². The van der Waals surface area contributed by atoms with Crippen LogP contribution in [0.4, 0.5) is 0 Å². The fraction of sp³-hybridized carbons (Fsp3) is 0. The van der Waals surface area contributed by atoms with E-state index in [1.165, 1.54) is 11.8 Å². The molecule has 0 radical (unpaired) electrons. The number of para-hydroxylation sites is 1. The number of thiazole rings is 1. The number of nitrogens with zero attached hydrogens (tertiary/aromatic N) is 1. The maximum atomic E-state index is 7.65. The Morgan fingerprint density at radius 1 is 1.25 bits per heavy atom. The van der Waals surface area contributed by atoms with Crippen LogP contribution >= 0.6 is 39.0 Å². The Kier molecular flexibility index (Phi) is 3.78. The highest BCUT2D eigenvalue weighted by Gasteiger charge is 2.11. The second-order valence-corrected chi connectivity index (χ2v) is 7.34. The molecule has 0 saturated heterocycles. The summed E-state index contributed by atoms with van der Waals surface area (Å²) < 4.78 is 3.08. The van der Waals surface area contributed by atoms with E-state index >= 15 is 0 Å². The molecule has 0 aliphatic heterocycles. The first-order valence-corrected chi connectivity index (χ1v) is 8.23. The first-order valence-electron chi connectivity index (χ1n) is 5.81. The molecule has 1 aromatic heterocycles. The lowest BCUT2D eigenvalue weighted by atomic mass is 10.2. The third-order valence-corrected chi connectivity index (χ3v) is 5.35. The van der Waals surface area contributed by atoms with Crippen molar-refractivity contribution >= 4 is 55.1 Å².